The zero-order valence-electron chi connectivity index (χ0n) is 16.3. The molecule has 0 radical (unpaired) electrons. The Morgan fingerprint density at radius 3 is 2.68 bits per heavy atom. The predicted molar refractivity (Wildman–Crippen MR) is 111 cm³/mol. The highest BCUT2D eigenvalue weighted by Gasteiger charge is 2.38. The first-order chi connectivity index (χ1) is 15.1. The molecule has 0 bridgehead atoms. The van der Waals surface area contributed by atoms with Crippen molar-refractivity contribution in [1.82, 2.24) is 40.0 Å². The van der Waals surface area contributed by atoms with Crippen molar-refractivity contribution in [2.45, 2.75) is 18.4 Å². The van der Waals surface area contributed by atoms with Gasteiger partial charge in [0, 0.05) is 37.1 Å². The van der Waals surface area contributed by atoms with Crippen molar-refractivity contribution in [1.29, 1.82) is 0 Å². The summed E-state index contributed by atoms with van der Waals surface area (Å²) < 4.78 is 7.38. The number of tetrazole rings is 1. The van der Waals surface area contributed by atoms with E-state index in [4.69, 9.17) is 27.9 Å². The van der Waals surface area contributed by atoms with Crippen molar-refractivity contribution in [3.05, 3.63) is 52.7 Å². The van der Waals surface area contributed by atoms with Gasteiger partial charge in [0.05, 0.1) is 29.2 Å². The normalized spacial score (nSPS) is 18.8. The van der Waals surface area contributed by atoms with Gasteiger partial charge in [-0.3, -0.25) is 4.98 Å². The lowest BCUT2D eigenvalue weighted by molar-refractivity contribution is 0.119. The molecule has 12 heteroatoms. The Morgan fingerprint density at radius 2 is 1.97 bits per heavy atom. The number of benzene rings is 1. The number of halogens is 2. The minimum absolute atomic E-state index is 0.0390. The molecule has 4 heterocycles. The van der Waals surface area contributed by atoms with Crippen LogP contribution in [0.4, 0.5) is 4.79 Å². The number of nitrogens with zero attached hydrogens (tertiary/aromatic N) is 8. The van der Waals surface area contributed by atoms with Crippen LogP contribution in [0.3, 0.4) is 0 Å². The summed E-state index contributed by atoms with van der Waals surface area (Å²) >= 11 is 12.0. The molecule has 2 aromatic heterocycles. The lowest BCUT2D eigenvalue weighted by Crippen LogP contribution is -2.53. The van der Waals surface area contributed by atoms with Crippen LogP contribution in [0, 0.1) is 0 Å². The van der Waals surface area contributed by atoms with E-state index in [0.717, 1.165) is 12.1 Å². The highest BCUT2D eigenvalue weighted by atomic mass is 35.5. The van der Waals surface area contributed by atoms with Gasteiger partial charge in [0.2, 0.25) is 5.88 Å². The van der Waals surface area contributed by atoms with Gasteiger partial charge >= 0.3 is 6.03 Å². The molecule has 2 aliphatic rings. The van der Waals surface area contributed by atoms with Crippen molar-refractivity contribution in [2.24, 2.45) is 0 Å². The van der Waals surface area contributed by atoms with E-state index in [1.54, 1.807) is 41.6 Å². The average Bonchev–Trinajstić information content (AvgIpc) is 3.41. The average molecular weight is 461 g/mol. The minimum Gasteiger partial charge on any atom is -0.436 e. The number of likely N-dealkylation sites (tertiary alicyclic amines) is 2. The van der Waals surface area contributed by atoms with Gasteiger partial charge in [-0.2, -0.15) is 0 Å². The van der Waals surface area contributed by atoms with Crippen LogP contribution in [0.5, 0.6) is 11.6 Å². The molecule has 31 heavy (non-hydrogen) atoms. The van der Waals surface area contributed by atoms with Crippen molar-refractivity contribution in [3.63, 3.8) is 0 Å². The molecular weight excluding hydrogens is 443 g/mol. The summed E-state index contributed by atoms with van der Waals surface area (Å²) in [5.74, 6) is 0.951. The fraction of sp³-hybridized carbons (Fsp3) is 0.368. The van der Waals surface area contributed by atoms with E-state index in [1.807, 2.05) is 9.80 Å². The first-order valence-electron chi connectivity index (χ1n) is 9.78. The third-order valence-electron chi connectivity index (χ3n) is 5.50. The van der Waals surface area contributed by atoms with E-state index in [2.05, 4.69) is 25.5 Å². The van der Waals surface area contributed by atoms with Crippen LogP contribution in [0.1, 0.15) is 24.1 Å². The standard InChI is InChI=1S/C19H18Cl2N8O2/c20-13-1-2-17(15(21)5-13)31-18-7-22-16(6-23-18)12-8-28(9-12)19(30)27-4-3-14(10-27)29-11-24-25-26-29/h1-2,5-7,11-12,14H,3-4,8-10H2/t14-/m1/s1. The molecule has 2 saturated heterocycles. The first-order valence-corrected chi connectivity index (χ1v) is 10.5. The Morgan fingerprint density at radius 1 is 1.10 bits per heavy atom. The second kappa shape index (κ2) is 8.27. The van der Waals surface area contributed by atoms with Gasteiger partial charge in [0.1, 0.15) is 12.1 Å². The van der Waals surface area contributed by atoms with Gasteiger partial charge < -0.3 is 14.5 Å². The van der Waals surface area contributed by atoms with Crippen molar-refractivity contribution in [2.75, 3.05) is 26.2 Å². The molecule has 2 amide bonds. The summed E-state index contributed by atoms with van der Waals surface area (Å²) in [6.45, 7) is 2.54. The van der Waals surface area contributed by atoms with Gasteiger partial charge in [0.15, 0.2) is 0 Å². The fourth-order valence-corrected chi connectivity index (χ4v) is 4.20. The molecule has 0 spiro atoms. The largest absolute Gasteiger partial charge is 0.436 e. The molecule has 160 valence electrons. The Hall–Kier alpha value is -2.98. The SMILES string of the molecule is O=C(N1CC(c2cnc(Oc3ccc(Cl)cc3Cl)cn2)C1)N1CC[C@@H](n2cnnn2)C1. The number of aromatic nitrogens is 6. The van der Waals surface area contributed by atoms with Gasteiger partial charge in [-0.1, -0.05) is 23.2 Å². The Balaban J connectivity index is 1.14. The van der Waals surface area contributed by atoms with E-state index in [1.165, 1.54) is 0 Å². The molecule has 1 atom stereocenters. The Kier molecular flexibility index (Phi) is 5.33. The predicted octanol–water partition coefficient (Wildman–Crippen LogP) is 3.03. The topological polar surface area (TPSA) is 102 Å². The number of urea groups is 1. The van der Waals surface area contributed by atoms with Gasteiger partial charge in [-0.25, -0.2) is 14.5 Å². The Bertz CT molecular complexity index is 1070. The van der Waals surface area contributed by atoms with E-state index >= 15 is 0 Å². The van der Waals surface area contributed by atoms with Crippen LogP contribution in [0.2, 0.25) is 10.0 Å². The van der Waals surface area contributed by atoms with Gasteiger partial charge in [-0.15, -0.1) is 5.10 Å². The molecule has 10 nitrogen and oxygen atoms in total. The van der Waals surface area contributed by atoms with Crippen LogP contribution in [-0.4, -0.2) is 72.2 Å². The molecule has 0 saturated carbocycles. The molecule has 0 N–H and O–H groups in total. The summed E-state index contributed by atoms with van der Waals surface area (Å²) in [6.07, 6.45) is 5.67. The molecular formula is C19H18Cl2N8O2. The van der Waals surface area contributed by atoms with Crippen LogP contribution < -0.4 is 4.74 Å². The molecule has 5 rings (SSSR count). The Labute approximate surface area is 187 Å². The maximum absolute atomic E-state index is 12.7. The lowest BCUT2D eigenvalue weighted by Gasteiger charge is -2.40. The number of rotatable bonds is 4. The molecule has 0 unspecified atom stereocenters. The summed E-state index contributed by atoms with van der Waals surface area (Å²) in [6, 6.07) is 5.14. The molecule has 1 aromatic carbocycles. The van der Waals surface area contributed by atoms with E-state index in [0.29, 0.717) is 47.9 Å². The van der Waals surface area contributed by atoms with Gasteiger partial charge in [-0.05, 0) is 35.0 Å². The van der Waals surface area contributed by atoms with Crippen LogP contribution in [0.25, 0.3) is 0 Å². The molecule has 0 aliphatic carbocycles. The molecule has 2 aliphatic heterocycles. The number of carbonyl (C=O) groups is 1. The quantitative estimate of drug-likeness (QED) is 0.589. The molecule has 2 fully saturated rings. The van der Waals surface area contributed by atoms with E-state index in [-0.39, 0.29) is 18.0 Å². The highest BCUT2D eigenvalue weighted by molar-refractivity contribution is 6.35. The van der Waals surface area contributed by atoms with Crippen molar-refractivity contribution in [3.8, 4) is 11.6 Å². The maximum Gasteiger partial charge on any atom is 0.320 e. The number of carbonyl (C=O) groups excluding carboxylic acids is 1. The number of ether oxygens (including phenoxy) is 1. The number of hydrogen-bond donors (Lipinski definition) is 0. The zero-order valence-corrected chi connectivity index (χ0v) is 17.8. The fourth-order valence-electron chi connectivity index (χ4n) is 3.75. The van der Waals surface area contributed by atoms with Gasteiger partial charge in [0.25, 0.3) is 0 Å². The second-order valence-corrected chi connectivity index (χ2v) is 8.36. The highest BCUT2D eigenvalue weighted by Crippen LogP contribution is 2.32. The zero-order chi connectivity index (χ0) is 21.4. The number of amides is 2. The first kappa shape index (κ1) is 20.0. The third-order valence-corrected chi connectivity index (χ3v) is 6.03. The monoisotopic (exact) mass is 460 g/mol. The van der Waals surface area contributed by atoms with Crippen molar-refractivity contribution < 1.29 is 9.53 Å². The molecule has 3 aromatic rings. The smallest absolute Gasteiger partial charge is 0.320 e. The summed E-state index contributed by atoms with van der Waals surface area (Å²) in [4.78, 5) is 25.2. The third kappa shape index (κ3) is 4.13. The van der Waals surface area contributed by atoms with E-state index < -0.39 is 0 Å². The lowest BCUT2D eigenvalue weighted by atomic mass is 9.97. The maximum atomic E-state index is 12.7. The van der Waals surface area contributed by atoms with Crippen LogP contribution in [-0.2, 0) is 0 Å². The summed E-state index contributed by atoms with van der Waals surface area (Å²) in [7, 11) is 0. The van der Waals surface area contributed by atoms with Crippen LogP contribution >= 0.6 is 23.2 Å². The van der Waals surface area contributed by atoms with Crippen LogP contribution in [0.15, 0.2) is 36.9 Å². The minimum atomic E-state index is 0.0390. The summed E-state index contributed by atoms with van der Waals surface area (Å²) in [5.41, 5.74) is 0.826. The summed E-state index contributed by atoms with van der Waals surface area (Å²) in [5, 5.41) is 12.2. The number of hydrogen-bond acceptors (Lipinski definition) is 7. The van der Waals surface area contributed by atoms with E-state index in [9.17, 15) is 4.79 Å². The van der Waals surface area contributed by atoms with Crippen molar-refractivity contribution >= 4 is 29.2 Å². The second-order valence-electron chi connectivity index (χ2n) is 7.52.